The molecular weight excluding hydrogens is 299 g/mol. The van der Waals surface area contributed by atoms with E-state index in [-0.39, 0.29) is 9.92 Å². The Balaban J connectivity index is 3.29. The summed E-state index contributed by atoms with van der Waals surface area (Å²) in [4.78, 5) is -0.0551. The summed E-state index contributed by atoms with van der Waals surface area (Å²) in [7, 11) is 1.40. The normalized spacial score (nSPS) is 11.6. The minimum Gasteiger partial charge on any atom is -0.207 e. The van der Waals surface area contributed by atoms with Crippen LogP contribution in [0.25, 0.3) is 0 Å². The number of rotatable bonds is 2. The standard InChI is InChI=1S/C7H5BrCl2O2S/c8-4-5-1-2-7(6(9)3-5)13(10,11)12/h1-3H,4H2. The molecule has 0 saturated heterocycles. The highest BCUT2D eigenvalue weighted by molar-refractivity contribution is 9.08. The van der Waals surface area contributed by atoms with Gasteiger partial charge in [0.05, 0.1) is 5.02 Å². The summed E-state index contributed by atoms with van der Waals surface area (Å²) < 4.78 is 21.8. The van der Waals surface area contributed by atoms with Crippen LogP contribution < -0.4 is 0 Å². The van der Waals surface area contributed by atoms with Gasteiger partial charge in [0.25, 0.3) is 9.05 Å². The molecule has 0 aromatic heterocycles. The highest BCUT2D eigenvalue weighted by Gasteiger charge is 2.14. The van der Waals surface area contributed by atoms with E-state index in [1.54, 1.807) is 12.1 Å². The summed E-state index contributed by atoms with van der Waals surface area (Å²) in [6.45, 7) is 0. The van der Waals surface area contributed by atoms with E-state index >= 15 is 0 Å². The van der Waals surface area contributed by atoms with E-state index in [1.807, 2.05) is 0 Å². The van der Waals surface area contributed by atoms with Crippen molar-refractivity contribution in [3.8, 4) is 0 Å². The van der Waals surface area contributed by atoms with E-state index in [0.29, 0.717) is 5.33 Å². The van der Waals surface area contributed by atoms with Crippen LogP contribution in [0.5, 0.6) is 0 Å². The average molecular weight is 304 g/mol. The lowest BCUT2D eigenvalue weighted by Gasteiger charge is -2.01. The van der Waals surface area contributed by atoms with Crippen molar-refractivity contribution >= 4 is 47.3 Å². The lowest BCUT2D eigenvalue weighted by molar-refractivity contribution is 0.609. The Kier molecular flexibility index (Phi) is 3.63. The molecule has 1 aromatic carbocycles. The molecule has 1 aromatic rings. The first-order valence-electron chi connectivity index (χ1n) is 3.24. The molecule has 0 spiro atoms. The predicted octanol–water partition coefficient (Wildman–Crippen LogP) is 3.16. The van der Waals surface area contributed by atoms with Gasteiger partial charge in [0, 0.05) is 16.0 Å². The van der Waals surface area contributed by atoms with Gasteiger partial charge in [-0.3, -0.25) is 0 Å². The van der Waals surface area contributed by atoms with Crippen molar-refractivity contribution < 1.29 is 8.42 Å². The molecule has 0 atom stereocenters. The summed E-state index contributed by atoms with van der Waals surface area (Å²) in [5.74, 6) is 0. The van der Waals surface area contributed by atoms with Crippen LogP contribution in [0.2, 0.25) is 5.02 Å². The third-order valence-electron chi connectivity index (χ3n) is 1.41. The molecule has 13 heavy (non-hydrogen) atoms. The van der Waals surface area contributed by atoms with Crippen LogP contribution in [0.15, 0.2) is 23.1 Å². The van der Waals surface area contributed by atoms with Crippen molar-refractivity contribution in [1.82, 2.24) is 0 Å². The molecule has 0 N–H and O–H groups in total. The van der Waals surface area contributed by atoms with Crippen LogP contribution in [0.1, 0.15) is 5.56 Å². The zero-order chi connectivity index (χ0) is 10.1. The SMILES string of the molecule is O=S(=O)(Cl)c1ccc(CBr)cc1Cl. The van der Waals surface area contributed by atoms with Crippen molar-refractivity contribution in [3.05, 3.63) is 28.8 Å². The minimum atomic E-state index is -3.73. The van der Waals surface area contributed by atoms with E-state index in [2.05, 4.69) is 15.9 Å². The summed E-state index contributed by atoms with van der Waals surface area (Å²) >= 11 is 8.93. The molecule has 0 aliphatic heterocycles. The van der Waals surface area contributed by atoms with Gasteiger partial charge in [-0.05, 0) is 17.7 Å². The largest absolute Gasteiger partial charge is 0.262 e. The van der Waals surface area contributed by atoms with Crippen molar-refractivity contribution in [2.75, 3.05) is 0 Å². The molecular formula is C7H5BrCl2O2S. The quantitative estimate of drug-likeness (QED) is 0.621. The molecule has 2 nitrogen and oxygen atoms in total. The maximum atomic E-state index is 10.9. The van der Waals surface area contributed by atoms with Crippen LogP contribution >= 0.6 is 38.2 Å². The third kappa shape index (κ3) is 2.84. The summed E-state index contributed by atoms with van der Waals surface area (Å²) in [5.41, 5.74) is 0.897. The van der Waals surface area contributed by atoms with Gasteiger partial charge in [0.15, 0.2) is 0 Å². The smallest absolute Gasteiger partial charge is 0.207 e. The Labute approximate surface area is 94.4 Å². The molecule has 0 amide bonds. The fraction of sp³-hybridized carbons (Fsp3) is 0.143. The molecule has 0 aliphatic rings. The molecule has 0 heterocycles. The zero-order valence-electron chi connectivity index (χ0n) is 6.30. The molecule has 1 rings (SSSR count). The average Bonchev–Trinajstić information content (AvgIpc) is 2.01. The second kappa shape index (κ2) is 4.17. The van der Waals surface area contributed by atoms with Gasteiger partial charge >= 0.3 is 0 Å². The molecule has 72 valence electrons. The maximum Gasteiger partial charge on any atom is 0.262 e. The maximum absolute atomic E-state index is 10.9. The monoisotopic (exact) mass is 302 g/mol. The van der Waals surface area contributed by atoms with Gasteiger partial charge in [-0.1, -0.05) is 33.6 Å². The first-order chi connectivity index (χ1) is 5.95. The Morgan fingerprint density at radius 1 is 1.38 bits per heavy atom. The Morgan fingerprint density at radius 3 is 2.38 bits per heavy atom. The van der Waals surface area contributed by atoms with E-state index < -0.39 is 9.05 Å². The van der Waals surface area contributed by atoms with Gasteiger partial charge in [-0.15, -0.1) is 0 Å². The summed E-state index contributed by atoms with van der Waals surface area (Å²) in [6, 6.07) is 4.60. The molecule has 0 fully saturated rings. The third-order valence-corrected chi connectivity index (χ3v) is 3.87. The Bertz CT molecular complexity index is 417. The molecule has 0 unspecified atom stereocenters. The topological polar surface area (TPSA) is 34.1 Å². The van der Waals surface area contributed by atoms with Gasteiger partial charge in [0.1, 0.15) is 4.90 Å². The van der Waals surface area contributed by atoms with Gasteiger partial charge < -0.3 is 0 Å². The van der Waals surface area contributed by atoms with Crippen LogP contribution in [0, 0.1) is 0 Å². The highest BCUT2D eigenvalue weighted by atomic mass is 79.9. The lowest BCUT2D eigenvalue weighted by Crippen LogP contribution is -1.92. The second-order valence-electron chi connectivity index (χ2n) is 2.34. The molecule has 0 saturated carbocycles. The molecule has 6 heteroatoms. The van der Waals surface area contributed by atoms with Crippen molar-refractivity contribution in [2.24, 2.45) is 0 Å². The minimum absolute atomic E-state index is 0.0551. The Morgan fingerprint density at radius 2 is 2.00 bits per heavy atom. The summed E-state index contributed by atoms with van der Waals surface area (Å²) in [5, 5.41) is 0.766. The van der Waals surface area contributed by atoms with Gasteiger partial charge in [-0.25, -0.2) is 8.42 Å². The number of benzene rings is 1. The van der Waals surface area contributed by atoms with Crippen molar-refractivity contribution in [3.63, 3.8) is 0 Å². The number of alkyl halides is 1. The van der Waals surface area contributed by atoms with Crippen molar-refractivity contribution in [2.45, 2.75) is 10.2 Å². The Hall–Kier alpha value is 0.230. The van der Waals surface area contributed by atoms with Gasteiger partial charge in [0.2, 0.25) is 0 Å². The fourth-order valence-corrected chi connectivity index (χ4v) is 2.73. The van der Waals surface area contributed by atoms with Crippen LogP contribution in [-0.4, -0.2) is 8.42 Å². The van der Waals surface area contributed by atoms with Crippen LogP contribution in [-0.2, 0) is 14.4 Å². The second-order valence-corrected chi connectivity index (χ2v) is 5.84. The van der Waals surface area contributed by atoms with E-state index in [4.69, 9.17) is 22.3 Å². The van der Waals surface area contributed by atoms with Crippen molar-refractivity contribution in [1.29, 1.82) is 0 Å². The fourth-order valence-electron chi connectivity index (χ4n) is 0.825. The number of halogens is 3. The van der Waals surface area contributed by atoms with E-state index in [0.717, 1.165) is 5.56 Å². The highest BCUT2D eigenvalue weighted by Crippen LogP contribution is 2.26. The van der Waals surface area contributed by atoms with Gasteiger partial charge in [-0.2, -0.15) is 0 Å². The van der Waals surface area contributed by atoms with Crippen LogP contribution in [0.3, 0.4) is 0 Å². The lowest BCUT2D eigenvalue weighted by atomic mass is 10.2. The number of hydrogen-bond donors (Lipinski definition) is 0. The predicted molar refractivity (Wildman–Crippen MR) is 57.1 cm³/mol. The molecule has 0 radical (unpaired) electrons. The zero-order valence-corrected chi connectivity index (χ0v) is 10.2. The number of hydrogen-bond acceptors (Lipinski definition) is 2. The summed E-state index contributed by atoms with van der Waals surface area (Å²) in [6.07, 6.45) is 0. The first kappa shape index (κ1) is 11.3. The van der Waals surface area contributed by atoms with E-state index in [9.17, 15) is 8.42 Å². The molecule has 0 aliphatic carbocycles. The first-order valence-corrected chi connectivity index (χ1v) is 7.05. The van der Waals surface area contributed by atoms with Crippen LogP contribution in [0.4, 0.5) is 0 Å². The van der Waals surface area contributed by atoms with E-state index in [1.165, 1.54) is 6.07 Å². The molecule has 0 bridgehead atoms.